The second-order valence-corrected chi connectivity index (χ2v) is 5.62. The minimum absolute atomic E-state index is 0.373. The van der Waals surface area contributed by atoms with Crippen LogP contribution in [0.5, 0.6) is 0 Å². The molecule has 122 valence electrons. The van der Waals surface area contributed by atoms with Gasteiger partial charge in [0.15, 0.2) is 6.61 Å². The van der Waals surface area contributed by atoms with Gasteiger partial charge in [0, 0.05) is 6.54 Å². The normalized spacial score (nSPS) is 19.4. The topological polar surface area (TPSA) is 105 Å². The standard InChI is InChI=1S/C14H21N3O5/c1-2-7-15-10(18)9-22-11(19)8-17-12(20)14(16-13(17)21)5-3-4-6-14/h2-9H2,1H3,(H,15,18)(H,16,21). The fraction of sp³-hybridized carbons (Fsp3) is 0.714. The summed E-state index contributed by atoms with van der Waals surface area (Å²) in [6.45, 7) is 1.54. The molecule has 0 aromatic heterocycles. The van der Waals surface area contributed by atoms with Crippen LogP contribution in [0.4, 0.5) is 4.79 Å². The fourth-order valence-electron chi connectivity index (χ4n) is 2.77. The van der Waals surface area contributed by atoms with Crippen molar-refractivity contribution >= 4 is 23.8 Å². The van der Waals surface area contributed by atoms with Crippen molar-refractivity contribution in [2.75, 3.05) is 19.7 Å². The maximum absolute atomic E-state index is 12.3. The molecule has 2 rings (SSSR count). The van der Waals surface area contributed by atoms with Gasteiger partial charge in [-0.25, -0.2) is 4.79 Å². The summed E-state index contributed by atoms with van der Waals surface area (Å²) in [5.74, 6) is -1.55. The highest BCUT2D eigenvalue weighted by molar-refractivity contribution is 6.08. The number of hydrogen-bond donors (Lipinski definition) is 2. The predicted octanol–water partition coefficient (Wildman–Crippen LogP) is -0.0796. The first-order valence-electron chi connectivity index (χ1n) is 7.55. The monoisotopic (exact) mass is 311 g/mol. The van der Waals surface area contributed by atoms with E-state index in [2.05, 4.69) is 10.6 Å². The first-order valence-corrected chi connectivity index (χ1v) is 7.55. The van der Waals surface area contributed by atoms with Crippen molar-refractivity contribution in [3.05, 3.63) is 0 Å². The van der Waals surface area contributed by atoms with E-state index in [1.54, 1.807) is 0 Å². The molecule has 1 heterocycles. The molecular formula is C14H21N3O5. The third-order valence-corrected chi connectivity index (χ3v) is 3.93. The van der Waals surface area contributed by atoms with Crippen molar-refractivity contribution in [1.82, 2.24) is 15.5 Å². The highest BCUT2D eigenvalue weighted by Crippen LogP contribution is 2.34. The molecule has 8 heteroatoms. The Labute approximate surface area is 128 Å². The van der Waals surface area contributed by atoms with Crippen molar-refractivity contribution in [2.24, 2.45) is 0 Å². The lowest BCUT2D eigenvalue weighted by atomic mass is 9.98. The summed E-state index contributed by atoms with van der Waals surface area (Å²) in [5, 5.41) is 5.24. The van der Waals surface area contributed by atoms with Crippen LogP contribution in [-0.2, 0) is 19.1 Å². The molecular weight excluding hydrogens is 290 g/mol. The Bertz CT molecular complexity index is 485. The predicted molar refractivity (Wildman–Crippen MR) is 75.7 cm³/mol. The van der Waals surface area contributed by atoms with Gasteiger partial charge in [-0.15, -0.1) is 0 Å². The molecule has 1 saturated carbocycles. The van der Waals surface area contributed by atoms with Crippen LogP contribution >= 0.6 is 0 Å². The van der Waals surface area contributed by atoms with Crippen LogP contribution < -0.4 is 10.6 Å². The molecule has 8 nitrogen and oxygen atoms in total. The van der Waals surface area contributed by atoms with Crippen molar-refractivity contribution in [1.29, 1.82) is 0 Å². The van der Waals surface area contributed by atoms with E-state index in [-0.39, 0.29) is 5.91 Å². The molecule has 1 saturated heterocycles. The van der Waals surface area contributed by atoms with Gasteiger partial charge in [-0.2, -0.15) is 0 Å². The third-order valence-electron chi connectivity index (χ3n) is 3.93. The lowest BCUT2D eigenvalue weighted by Gasteiger charge is -2.19. The molecule has 4 amide bonds. The number of ether oxygens (including phenoxy) is 1. The number of nitrogens with one attached hydrogen (secondary N) is 2. The zero-order valence-electron chi connectivity index (χ0n) is 12.6. The number of hydrogen-bond acceptors (Lipinski definition) is 5. The fourth-order valence-corrected chi connectivity index (χ4v) is 2.77. The van der Waals surface area contributed by atoms with Gasteiger partial charge in [-0.05, 0) is 19.3 Å². The van der Waals surface area contributed by atoms with Crippen LogP contribution in [0.2, 0.25) is 0 Å². The Balaban J connectivity index is 1.83. The summed E-state index contributed by atoms with van der Waals surface area (Å²) in [7, 11) is 0. The van der Waals surface area contributed by atoms with Crippen molar-refractivity contribution in [3.8, 4) is 0 Å². The minimum atomic E-state index is -0.837. The number of imide groups is 1. The Kier molecular flexibility index (Phi) is 4.99. The van der Waals surface area contributed by atoms with Gasteiger partial charge in [0.2, 0.25) is 0 Å². The van der Waals surface area contributed by atoms with Crippen LogP contribution in [0.15, 0.2) is 0 Å². The summed E-state index contributed by atoms with van der Waals surface area (Å²) >= 11 is 0. The minimum Gasteiger partial charge on any atom is -0.454 e. The second kappa shape index (κ2) is 6.76. The molecule has 1 aliphatic heterocycles. The molecule has 0 bridgehead atoms. The highest BCUT2D eigenvalue weighted by atomic mass is 16.5. The molecule has 22 heavy (non-hydrogen) atoms. The van der Waals surface area contributed by atoms with Gasteiger partial charge < -0.3 is 15.4 Å². The summed E-state index contributed by atoms with van der Waals surface area (Å²) < 4.78 is 4.79. The SMILES string of the molecule is CCCNC(=O)COC(=O)CN1C(=O)NC2(CCCC2)C1=O. The average Bonchev–Trinajstić information content (AvgIpc) is 3.04. The molecule has 0 radical (unpaired) electrons. The van der Waals surface area contributed by atoms with Crippen LogP contribution in [-0.4, -0.2) is 54.0 Å². The average molecular weight is 311 g/mol. The van der Waals surface area contributed by atoms with E-state index in [1.165, 1.54) is 0 Å². The zero-order valence-corrected chi connectivity index (χ0v) is 12.6. The Hall–Kier alpha value is -2.12. The molecule has 0 unspecified atom stereocenters. The second-order valence-electron chi connectivity index (χ2n) is 5.62. The Morgan fingerprint density at radius 1 is 1.32 bits per heavy atom. The number of carbonyl (C=O) groups is 4. The highest BCUT2D eigenvalue weighted by Gasteiger charge is 2.52. The Morgan fingerprint density at radius 3 is 2.64 bits per heavy atom. The molecule has 0 aromatic carbocycles. The van der Waals surface area contributed by atoms with Gasteiger partial charge in [-0.3, -0.25) is 19.3 Å². The molecule has 1 aliphatic carbocycles. The van der Waals surface area contributed by atoms with Crippen LogP contribution in [0.3, 0.4) is 0 Å². The molecule has 0 atom stereocenters. The van der Waals surface area contributed by atoms with Gasteiger partial charge in [-0.1, -0.05) is 19.8 Å². The van der Waals surface area contributed by atoms with E-state index in [9.17, 15) is 19.2 Å². The molecule has 2 fully saturated rings. The largest absolute Gasteiger partial charge is 0.454 e. The van der Waals surface area contributed by atoms with E-state index in [1.807, 2.05) is 6.92 Å². The van der Waals surface area contributed by atoms with E-state index in [0.29, 0.717) is 19.4 Å². The quantitative estimate of drug-likeness (QED) is 0.527. The maximum atomic E-state index is 12.3. The summed E-state index contributed by atoms with van der Waals surface area (Å²) in [6, 6.07) is -0.570. The van der Waals surface area contributed by atoms with Gasteiger partial charge >= 0.3 is 12.0 Å². The molecule has 2 N–H and O–H groups in total. The number of esters is 1. The number of amides is 4. The van der Waals surface area contributed by atoms with E-state index in [4.69, 9.17) is 4.74 Å². The van der Waals surface area contributed by atoms with Gasteiger partial charge in [0.05, 0.1) is 0 Å². The van der Waals surface area contributed by atoms with Crippen molar-refractivity contribution in [3.63, 3.8) is 0 Å². The maximum Gasteiger partial charge on any atom is 0.326 e. The summed E-state index contributed by atoms with van der Waals surface area (Å²) in [5.41, 5.74) is -0.837. The Morgan fingerprint density at radius 2 is 2.00 bits per heavy atom. The van der Waals surface area contributed by atoms with Crippen molar-refractivity contribution in [2.45, 2.75) is 44.6 Å². The van der Waals surface area contributed by atoms with Crippen molar-refractivity contribution < 1.29 is 23.9 Å². The van der Waals surface area contributed by atoms with Gasteiger partial charge in [0.25, 0.3) is 11.8 Å². The molecule has 1 spiro atoms. The molecule has 2 aliphatic rings. The van der Waals surface area contributed by atoms with E-state index in [0.717, 1.165) is 24.2 Å². The van der Waals surface area contributed by atoms with Crippen LogP contribution in [0.1, 0.15) is 39.0 Å². The zero-order chi connectivity index (χ0) is 16.2. The summed E-state index contributed by atoms with van der Waals surface area (Å²) in [6.07, 6.45) is 3.74. The summed E-state index contributed by atoms with van der Waals surface area (Å²) in [4.78, 5) is 48.1. The van der Waals surface area contributed by atoms with Gasteiger partial charge in [0.1, 0.15) is 12.1 Å². The number of nitrogens with zero attached hydrogens (tertiary/aromatic N) is 1. The van der Waals surface area contributed by atoms with Crippen LogP contribution in [0.25, 0.3) is 0 Å². The smallest absolute Gasteiger partial charge is 0.326 e. The first kappa shape index (κ1) is 16.3. The third kappa shape index (κ3) is 3.37. The molecule has 0 aromatic rings. The number of rotatable bonds is 6. The number of carbonyl (C=O) groups excluding carboxylic acids is 4. The van der Waals surface area contributed by atoms with E-state index >= 15 is 0 Å². The number of urea groups is 1. The van der Waals surface area contributed by atoms with E-state index < -0.39 is 36.6 Å². The van der Waals surface area contributed by atoms with Crippen LogP contribution in [0, 0.1) is 0 Å². The lowest BCUT2D eigenvalue weighted by Crippen LogP contribution is -2.44. The first-order chi connectivity index (χ1) is 10.5. The lowest BCUT2D eigenvalue weighted by molar-refractivity contribution is -0.151.